The van der Waals surface area contributed by atoms with Gasteiger partial charge in [-0.2, -0.15) is 4.31 Å². The summed E-state index contributed by atoms with van der Waals surface area (Å²) in [6, 6.07) is 4.36. The second-order valence-corrected chi connectivity index (χ2v) is 10.3. The van der Waals surface area contributed by atoms with Crippen LogP contribution in [0, 0.1) is 16.0 Å². The van der Waals surface area contributed by atoms with E-state index < -0.39 is 14.9 Å². The normalized spacial score (nSPS) is 24.3. The van der Waals surface area contributed by atoms with E-state index in [0.717, 1.165) is 45.6 Å². The van der Waals surface area contributed by atoms with Crippen LogP contribution in [-0.2, 0) is 14.8 Å². The average molecular weight is 439 g/mol. The number of sulfonamides is 1. The third kappa shape index (κ3) is 4.46. The van der Waals surface area contributed by atoms with Crippen LogP contribution in [0.4, 0.5) is 11.4 Å². The van der Waals surface area contributed by atoms with Crippen LogP contribution in [0.5, 0.6) is 0 Å². The highest BCUT2D eigenvalue weighted by atomic mass is 32.2. The molecule has 166 valence electrons. The first kappa shape index (κ1) is 21.5. The van der Waals surface area contributed by atoms with Gasteiger partial charge in [0.25, 0.3) is 5.69 Å². The van der Waals surface area contributed by atoms with Crippen molar-refractivity contribution in [2.45, 2.75) is 43.0 Å². The van der Waals surface area contributed by atoms with Crippen LogP contribution >= 0.6 is 0 Å². The van der Waals surface area contributed by atoms with Crippen molar-refractivity contribution >= 4 is 21.4 Å². The molecule has 1 aromatic rings. The van der Waals surface area contributed by atoms with E-state index in [-0.39, 0.29) is 16.6 Å². The number of nitro groups is 1. The molecule has 0 aliphatic carbocycles. The van der Waals surface area contributed by atoms with Crippen LogP contribution in [0.25, 0.3) is 0 Å². The number of nitrogens with one attached hydrogen (secondary N) is 1. The Labute approximate surface area is 177 Å². The van der Waals surface area contributed by atoms with Gasteiger partial charge < -0.3 is 10.1 Å². The third-order valence-corrected chi connectivity index (χ3v) is 8.42. The van der Waals surface area contributed by atoms with Gasteiger partial charge in [0.05, 0.1) is 17.2 Å². The smallest absolute Gasteiger partial charge is 0.270 e. The van der Waals surface area contributed by atoms with Crippen molar-refractivity contribution in [3.63, 3.8) is 0 Å². The van der Waals surface area contributed by atoms with Gasteiger partial charge in [0.15, 0.2) is 0 Å². The number of hydrogen-bond acceptors (Lipinski definition) is 7. The Balaban J connectivity index is 1.60. The zero-order valence-corrected chi connectivity index (χ0v) is 18.0. The maximum atomic E-state index is 13.2. The van der Waals surface area contributed by atoms with Crippen LogP contribution in [0.1, 0.15) is 32.1 Å². The number of anilines is 1. The molecule has 0 saturated carbocycles. The van der Waals surface area contributed by atoms with Gasteiger partial charge in [0.2, 0.25) is 10.0 Å². The maximum absolute atomic E-state index is 13.2. The summed E-state index contributed by atoms with van der Waals surface area (Å²) in [6.45, 7) is 5.09. The standard InChI is InChI=1S/C20H30N4O5S/c25-24(26)17-5-6-18(20(13-17)30(27,28)23-10-3-4-11-23)21-14-19(16-7-12-29-15-16)22-8-1-2-9-22/h5-6,13,16,19,21H,1-4,7-12,14-15H2. The van der Waals surface area contributed by atoms with Gasteiger partial charge in [-0.15, -0.1) is 0 Å². The number of nitrogens with zero attached hydrogens (tertiary/aromatic N) is 3. The Morgan fingerprint density at radius 2 is 1.87 bits per heavy atom. The molecular weight excluding hydrogens is 408 g/mol. The Kier molecular flexibility index (Phi) is 6.57. The topological polar surface area (TPSA) is 105 Å². The molecule has 0 aromatic heterocycles. The zero-order valence-electron chi connectivity index (χ0n) is 17.2. The number of ether oxygens (including phenoxy) is 1. The number of benzene rings is 1. The Bertz CT molecular complexity index is 844. The van der Waals surface area contributed by atoms with Crippen LogP contribution in [0.2, 0.25) is 0 Å². The minimum Gasteiger partial charge on any atom is -0.382 e. The van der Waals surface area contributed by atoms with Gasteiger partial charge >= 0.3 is 0 Å². The predicted octanol–water partition coefficient (Wildman–Crippen LogP) is 2.29. The molecule has 2 unspecified atom stereocenters. The van der Waals surface area contributed by atoms with Crippen molar-refractivity contribution in [1.29, 1.82) is 0 Å². The third-order valence-electron chi connectivity index (χ3n) is 6.48. The van der Waals surface area contributed by atoms with Crippen LogP contribution in [-0.4, -0.2) is 74.5 Å². The first-order valence-electron chi connectivity index (χ1n) is 10.8. The Morgan fingerprint density at radius 3 is 2.50 bits per heavy atom. The molecule has 4 rings (SSSR count). The van der Waals surface area contributed by atoms with E-state index in [1.54, 1.807) is 0 Å². The number of likely N-dealkylation sites (tertiary alicyclic amines) is 1. The molecule has 3 saturated heterocycles. The fourth-order valence-corrected chi connectivity index (χ4v) is 6.49. The first-order valence-corrected chi connectivity index (χ1v) is 12.2. The number of non-ortho nitro benzene ring substituents is 1. The van der Waals surface area contributed by atoms with Crippen LogP contribution < -0.4 is 5.32 Å². The second-order valence-electron chi connectivity index (χ2n) is 8.36. The highest BCUT2D eigenvalue weighted by molar-refractivity contribution is 7.89. The summed E-state index contributed by atoms with van der Waals surface area (Å²) in [6.07, 6.45) is 4.99. The van der Waals surface area contributed by atoms with Gasteiger partial charge in [-0.25, -0.2) is 8.42 Å². The summed E-state index contributed by atoms with van der Waals surface area (Å²) in [7, 11) is -3.78. The molecular formula is C20H30N4O5S. The molecule has 9 nitrogen and oxygen atoms in total. The number of hydrogen-bond donors (Lipinski definition) is 1. The quantitative estimate of drug-likeness (QED) is 0.490. The highest BCUT2D eigenvalue weighted by Gasteiger charge is 2.34. The van der Waals surface area contributed by atoms with E-state index in [9.17, 15) is 18.5 Å². The number of rotatable bonds is 8. The minimum atomic E-state index is -3.78. The molecule has 0 radical (unpaired) electrons. The van der Waals surface area contributed by atoms with Crippen molar-refractivity contribution in [3.05, 3.63) is 28.3 Å². The van der Waals surface area contributed by atoms with E-state index in [2.05, 4.69) is 10.2 Å². The van der Waals surface area contributed by atoms with E-state index in [4.69, 9.17) is 4.74 Å². The molecule has 3 heterocycles. The maximum Gasteiger partial charge on any atom is 0.270 e. The fraction of sp³-hybridized carbons (Fsp3) is 0.700. The SMILES string of the molecule is O=[N+]([O-])c1ccc(NCC(C2CCOC2)N2CCCC2)c(S(=O)(=O)N2CCCC2)c1. The number of nitro benzene ring substituents is 1. The summed E-state index contributed by atoms with van der Waals surface area (Å²) >= 11 is 0. The lowest BCUT2D eigenvalue weighted by Crippen LogP contribution is -2.44. The lowest BCUT2D eigenvalue weighted by atomic mass is 9.97. The van der Waals surface area contributed by atoms with Gasteiger partial charge in [-0.1, -0.05) is 0 Å². The fourth-order valence-electron chi connectivity index (χ4n) is 4.79. The van der Waals surface area contributed by atoms with Gasteiger partial charge in [-0.05, 0) is 51.3 Å². The van der Waals surface area contributed by atoms with Gasteiger partial charge in [0.1, 0.15) is 4.90 Å². The van der Waals surface area contributed by atoms with E-state index in [0.29, 0.717) is 31.2 Å². The first-order chi connectivity index (χ1) is 14.5. The molecule has 0 spiro atoms. The van der Waals surface area contributed by atoms with E-state index >= 15 is 0 Å². The molecule has 0 bridgehead atoms. The zero-order chi connectivity index (χ0) is 21.1. The molecule has 1 N–H and O–H groups in total. The van der Waals surface area contributed by atoms with Gasteiger partial charge in [0, 0.05) is 50.3 Å². The van der Waals surface area contributed by atoms with E-state index in [1.807, 2.05) is 0 Å². The molecule has 1 aromatic carbocycles. The lowest BCUT2D eigenvalue weighted by Gasteiger charge is -2.32. The Hall–Kier alpha value is -1.75. The second kappa shape index (κ2) is 9.17. The minimum absolute atomic E-state index is 0.00134. The predicted molar refractivity (Wildman–Crippen MR) is 113 cm³/mol. The summed E-state index contributed by atoms with van der Waals surface area (Å²) in [5.41, 5.74) is 0.231. The summed E-state index contributed by atoms with van der Waals surface area (Å²) in [5.74, 6) is 0.410. The van der Waals surface area contributed by atoms with E-state index in [1.165, 1.54) is 35.3 Å². The van der Waals surface area contributed by atoms with Crippen LogP contribution in [0.3, 0.4) is 0 Å². The average Bonchev–Trinajstić information content (AvgIpc) is 3.51. The van der Waals surface area contributed by atoms with Crippen molar-refractivity contribution in [2.75, 3.05) is 51.3 Å². The van der Waals surface area contributed by atoms with Crippen molar-refractivity contribution in [2.24, 2.45) is 5.92 Å². The van der Waals surface area contributed by atoms with Crippen molar-refractivity contribution in [3.8, 4) is 0 Å². The molecule has 3 fully saturated rings. The highest BCUT2D eigenvalue weighted by Crippen LogP contribution is 2.32. The summed E-state index contributed by atoms with van der Waals surface area (Å²) in [4.78, 5) is 13.2. The molecule has 2 atom stereocenters. The Morgan fingerprint density at radius 1 is 1.17 bits per heavy atom. The monoisotopic (exact) mass is 438 g/mol. The largest absolute Gasteiger partial charge is 0.382 e. The molecule has 30 heavy (non-hydrogen) atoms. The molecule has 3 aliphatic heterocycles. The summed E-state index contributed by atoms with van der Waals surface area (Å²) in [5, 5.41) is 14.6. The van der Waals surface area contributed by atoms with Crippen molar-refractivity contribution in [1.82, 2.24) is 9.21 Å². The van der Waals surface area contributed by atoms with Crippen molar-refractivity contribution < 1.29 is 18.1 Å². The molecule has 3 aliphatic rings. The lowest BCUT2D eigenvalue weighted by molar-refractivity contribution is -0.385. The summed E-state index contributed by atoms with van der Waals surface area (Å²) < 4.78 is 33.5. The molecule has 0 amide bonds. The van der Waals surface area contributed by atoms with Gasteiger partial charge in [-0.3, -0.25) is 15.0 Å². The molecule has 10 heteroatoms. The van der Waals surface area contributed by atoms with Crippen LogP contribution in [0.15, 0.2) is 23.1 Å².